The molecule has 0 aliphatic rings. The first kappa shape index (κ1) is 15.4. The molecule has 1 heterocycles. The van der Waals surface area contributed by atoms with Crippen LogP contribution in [0.4, 0.5) is 5.95 Å². The summed E-state index contributed by atoms with van der Waals surface area (Å²) in [5.41, 5.74) is 0.912. The van der Waals surface area contributed by atoms with Crippen molar-refractivity contribution in [2.75, 3.05) is 11.8 Å². The molecule has 0 fully saturated rings. The molecule has 0 bridgehead atoms. The zero-order valence-electron chi connectivity index (χ0n) is 12.1. The molecule has 0 amide bonds. The molecule has 1 atom stereocenters. The molecular weight excluding hydrogens is 292 g/mol. The number of rotatable bonds is 6. The molecule has 0 spiro atoms. The van der Waals surface area contributed by atoms with Gasteiger partial charge in [-0.2, -0.15) is 4.80 Å². The first-order valence-corrected chi connectivity index (χ1v) is 7.98. The Kier molecular flexibility index (Phi) is 4.53. The highest BCUT2D eigenvalue weighted by Crippen LogP contribution is 2.20. The molecule has 2 rings (SSSR count). The van der Waals surface area contributed by atoms with Gasteiger partial charge in [-0.15, -0.1) is 5.10 Å². The summed E-state index contributed by atoms with van der Waals surface area (Å²) in [4.78, 5) is 1.35. The highest BCUT2D eigenvalue weighted by atomic mass is 32.2. The normalized spacial score (nSPS) is 13.1. The van der Waals surface area contributed by atoms with Crippen LogP contribution in [0.25, 0.3) is 0 Å². The molecular formula is C12H18N6O2S. The predicted octanol–water partition coefficient (Wildman–Crippen LogP) is 0.681. The van der Waals surface area contributed by atoms with Gasteiger partial charge in [0.25, 0.3) is 16.0 Å². The maximum atomic E-state index is 12.3. The number of nitrogens with one attached hydrogen (secondary N) is 2. The second kappa shape index (κ2) is 6.19. The smallest absolute Gasteiger partial charge is 0.277 e. The van der Waals surface area contributed by atoms with Gasteiger partial charge in [0.15, 0.2) is 0 Å². The van der Waals surface area contributed by atoms with Crippen molar-refractivity contribution in [3.8, 4) is 0 Å². The number of hydrogen-bond acceptors (Lipinski definition) is 6. The summed E-state index contributed by atoms with van der Waals surface area (Å²) in [6, 6.07) is 6.89. The van der Waals surface area contributed by atoms with E-state index in [0.717, 1.165) is 12.0 Å². The Labute approximate surface area is 123 Å². The molecule has 0 aliphatic carbocycles. The van der Waals surface area contributed by atoms with E-state index in [4.69, 9.17) is 0 Å². The van der Waals surface area contributed by atoms with Crippen LogP contribution < -0.4 is 10.0 Å². The average molecular weight is 310 g/mol. The Balaban J connectivity index is 2.29. The number of aromatic nitrogens is 4. The molecule has 1 aromatic carbocycles. The minimum Gasteiger partial charge on any atom is -0.313 e. The van der Waals surface area contributed by atoms with Crippen molar-refractivity contribution in [1.29, 1.82) is 0 Å². The lowest BCUT2D eigenvalue weighted by molar-refractivity contribution is 0.574. The third kappa shape index (κ3) is 3.56. The molecule has 9 heteroatoms. The van der Waals surface area contributed by atoms with E-state index in [2.05, 4.69) is 25.4 Å². The van der Waals surface area contributed by atoms with E-state index in [-0.39, 0.29) is 16.9 Å². The minimum atomic E-state index is -3.73. The van der Waals surface area contributed by atoms with Crippen LogP contribution in [-0.4, -0.2) is 35.7 Å². The topological polar surface area (TPSA) is 102 Å². The molecule has 1 aromatic heterocycles. The van der Waals surface area contributed by atoms with Gasteiger partial charge in [-0.25, -0.2) is 13.1 Å². The maximum absolute atomic E-state index is 12.3. The molecule has 114 valence electrons. The Bertz CT molecular complexity index is 708. The van der Waals surface area contributed by atoms with Crippen molar-refractivity contribution >= 4 is 16.0 Å². The van der Waals surface area contributed by atoms with E-state index >= 15 is 0 Å². The Morgan fingerprint density at radius 1 is 1.38 bits per heavy atom. The van der Waals surface area contributed by atoms with Gasteiger partial charge < -0.3 is 5.32 Å². The monoisotopic (exact) mass is 310 g/mol. The van der Waals surface area contributed by atoms with E-state index in [0.29, 0.717) is 0 Å². The zero-order valence-corrected chi connectivity index (χ0v) is 12.9. The summed E-state index contributed by atoms with van der Waals surface area (Å²) < 4.78 is 26.9. The van der Waals surface area contributed by atoms with E-state index < -0.39 is 10.0 Å². The van der Waals surface area contributed by atoms with Crippen molar-refractivity contribution in [1.82, 2.24) is 25.5 Å². The lowest BCUT2D eigenvalue weighted by atomic mass is 10.1. The first-order valence-electron chi connectivity index (χ1n) is 6.50. The van der Waals surface area contributed by atoms with Crippen molar-refractivity contribution in [2.45, 2.75) is 24.3 Å². The molecule has 0 saturated heterocycles. The average Bonchev–Trinajstić information content (AvgIpc) is 2.85. The number of benzene rings is 1. The zero-order chi connectivity index (χ0) is 15.5. The van der Waals surface area contributed by atoms with Gasteiger partial charge in [0.2, 0.25) is 0 Å². The second-order valence-corrected chi connectivity index (χ2v) is 6.21. The van der Waals surface area contributed by atoms with Crippen LogP contribution in [0.1, 0.15) is 24.9 Å². The van der Waals surface area contributed by atoms with Gasteiger partial charge >= 0.3 is 0 Å². The number of tetrazole rings is 1. The van der Waals surface area contributed by atoms with Crippen LogP contribution in [0.15, 0.2) is 29.2 Å². The van der Waals surface area contributed by atoms with E-state index in [9.17, 15) is 8.42 Å². The number of aryl methyl sites for hydroxylation is 1. The van der Waals surface area contributed by atoms with Crippen molar-refractivity contribution in [2.24, 2.45) is 7.05 Å². The van der Waals surface area contributed by atoms with Crippen molar-refractivity contribution in [3.63, 3.8) is 0 Å². The largest absolute Gasteiger partial charge is 0.313 e. The third-order valence-electron chi connectivity index (χ3n) is 3.06. The van der Waals surface area contributed by atoms with Crippen LogP contribution in [0.3, 0.4) is 0 Å². The lowest BCUT2D eigenvalue weighted by Gasteiger charge is -2.15. The van der Waals surface area contributed by atoms with E-state index in [1.807, 2.05) is 20.0 Å². The minimum absolute atomic E-state index is 0.0523. The predicted molar refractivity (Wildman–Crippen MR) is 78.1 cm³/mol. The summed E-state index contributed by atoms with van der Waals surface area (Å²) in [5, 5.41) is 14.2. The number of sulfonamides is 1. The van der Waals surface area contributed by atoms with Crippen LogP contribution in [-0.2, 0) is 17.1 Å². The van der Waals surface area contributed by atoms with Gasteiger partial charge in [0.05, 0.1) is 11.9 Å². The molecule has 2 aromatic rings. The van der Waals surface area contributed by atoms with Crippen LogP contribution in [0.2, 0.25) is 0 Å². The van der Waals surface area contributed by atoms with Crippen LogP contribution in [0, 0.1) is 0 Å². The molecule has 0 aliphatic heterocycles. The quantitative estimate of drug-likeness (QED) is 0.813. The molecule has 8 nitrogen and oxygen atoms in total. The number of anilines is 1. The molecule has 0 radical (unpaired) electrons. The fraction of sp³-hybridized carbons (Fsp3) is 0.417. The van der Waals surface area contributed by atoms with Gasteiger partial charge in [-0.05, 0) is 36.4 Å². The third-order valence-corrected chi connectivity index (χ3v) is 4.39. The standard InChI is InChI=1S/C12H18N6O2S/c1-4-11(13-2)9-6-5-7-10(8-9)21(19,20)16-12-14-17-18(3)15-12/h5-8,11,13H,4H2,1-3H3,(H,15,16). The Hall–Kier alpha value is -2.00. The van der Waals surface area contributed by atoms with E-state index in [1.165, 1.54) is 10.9 Å². The van der Waals surface area contributed by atoms with Crippen molar-refractivity contribution < 1.29 is 8.42 Å². The maximum Gasteiger partial charge on any atom is 0.277 e. The fourth-order valence-electron chi connectivity index (χ4n) is 2.01. The summed E-state index contributed by atoms with van der Waals surface area (Å²) in [7, 11) is -0.325. The van der Waals surface area contributed by atoms with Crippen LogP contribution >= 0.6 is 0 Å². The summed E-state index contributed by atoms with van der Waals surface area (Å²) in [6.07, 6.45) is 0.860. The van der Waals surface area contributed by atoms with Gasteiger partial charge in [-0.3, -0.25) is 0 Å². The Morgan fingerprint density at radius 3 is 2.71 bits per heavy atom. The number of hydrogen-bond donors (Lipinski definition) is 2. The van der Waals surface area contributed by atoms with Gasteiger partial charge in [-0.1, -0.05) is 24.2 Å². The lowest BCUT2D eigenvalue weighted by Crippen LogP contribution is -2.17. The van der Waals surface area contributed by atoms with Crippen LogP contribution in [0.5, 0.6) is 0 Å². The fourth-order valence-corrected chi connectivity index (χ4v) is 3.00. The molecule has 1 unspecified atom stereocenters. The van der Waals surface area contributed by atoms with Gasteiger partial charge in [0.1, 0.15) is 0 Å². The van der Waals surface area contributed by atoms with Crippen molar-refractivity contribution in [3.05, 3.63) is 29.8 Å². The SMILES string of the molecule is CCC(NC)c1cccc(S(=O)(=O)Nc2nnn(C)n2)c1. The van der Waals surface area contributed by atoms with Gasteiger partial charge in [0, 0.05) is 6.04 Å². The highest BCUT2D eigenvalue weighted by Gasteiger charge is 2.18. The molecule has 2 N–H and O–H groups in total. The highest BCUT2D eigenvalue weighted by molar-refractivity contribution is 7.92. The first-order chi connectivity index (χ1) is 9.96. The summed E-state index contributed by atoms with van der Waals surface area (Å²) in [5.74, 6) is -0.0523. The summed E-state index contributed by atoms with van der Waals surface area (Å²) >= 11 is 0. The molecule has 21 heavy (non-hydrogen) atoms. The number of nitrogens with zero attached hydrogens (tertiary/aromatic N) is 4. The summed E-state index contributed by atoms with van der Waals surface area (Å²) in [6.45, 7) is 2.03. The Morgan fingerprint density at radius 2 is 2.14 bits per heavy atom. The second-order valence-electron chi connectivity index (χ2n) is 4.53. The van der Waals surface area contributed by atoms with E-state index in [1.54, 1.807) is 19.2 Å². The molecule has 0 saturated carbocycles.